The van der Waals surface area contributed by atoms with Crippen molar-refractivity contribution in [2.24, 2.45) is 0 Å². The molecule has 7 nitrogen and oxygen atoms in total. The van der Waals surface area contributed by atoms with E-state index in [1.54, 1.807) is 17.3 Å². The normalized spacial score (nSPS) is 20.8. The molecule has 1 amide bonds. The topological polar surface area (TPSA) is 70.8 Å². The summed E-state index contributed by atoms with van der Waals surface area (Å²) in [6.07, 6.45) is 3.46. The van der Waals surface area contributed by atoms with Crippen molar-refractivity contribution in [2.45, 2.75) is 19.1 Å². The van der Waals surface area contributed by atoms with E-state index in [1.807, 2.05) is 28.9 Å². The molecular weight excluding hydrogens is 332 g/mol. The fourth-order valence-corrected chi connectivity index (χ4v) is 3.59. The molecule has 1 fully saturated rings. The molecule has 1 atom stereocenters. The van der Waals surface area contributed by atoms with Crippen molar-refractivity contribution in [3.8, 4) is 0 Å². The summed E-state index contributed by atoms with van der Waals surface area (Å²) in [7, 11) is 0. The number of aromatic nitrogens is 2. The minimum Gasteiger partial charge on any atom is -0.391 e. The van der Waals surface area contributed by atoms with Crippen molar-refractivity contribution in [3.63, 3.8) is 0 Å². The first-order valence-electron chi connectivity index (χ1n) is 9.11. The second-order valence-electron chi connectivity index (χ2n) is 6.85. The third-order valence-corrected chi connectivity index (χ3v) is 5.01. The SMILES string of the molecule is O=C(c1cnn(CCN2CCOCC2)c1)N1CC(O)Cc2ccccc21. The van der Waals surface area contributed by atoms with Crippen LogP contribution in [0, 0.1) is 0 Å². The molecule has 2 aliphatic rings. The summed E-state index contributed by atoms with van der Waals surface area (Å²) >= 11 is 0. The van der Waals surface area contributed by atoms with Crippen LogP contribution in [-0.4, -0.2) is 71.2 Å². The molecule has 2 aromatic rings. The highest BCUT2D eigenvalue weighted by atomic mass is 16.5. The summed E-state index contributed by atoms with van der Waals surface area (Å²) in [6, 6.07) is 7.75. The van der Waals surface area contributed by atoms with E-state index in [0.717, 1.165) is 50.6 Å². The molecule has 7 heteroatoms. The Kier molecular flexibility index (Phi) is 5.01. The minimum atomic E-state index is -0.537. The van der Waals surface area contributed by atoms with Crippen molar-refractivity contribution in [1.82, 2.24) is 14.7 Å². The van der Waals surface area contributed by atoms with Crippen LogP contribution in [0.5, 0.6) is 0 Å². The van der Waals surface area contributed by atoms with Crippen LogP contribution in [0.3, 0.4) is 0 Å². The zero-order valence-electron chi connectivity index (χ0n) is 14.8. The van der Waals surface area contributed by atoms with E-state index in [2.05, 4.69) is 10.00 Å². The average Bonchev–Trinajstić information content (AvgIpc) is 3.15. The predicted octanol–water partition coefficient (Wildman–Crippen LogP) is 0.779. The lowest BCUT2D eigenvalue weighted by Crippen LogP contribution is -2.42. The van der Waals surface area contributed by atoms with Gasteiger partial charge in [0.1, 0.15) is 0 Å². The molecule has 0 aliphatic carbocycles. The second kappa shape index (κ2) is 7.57. The van der Waals surface area contributed by atoms with Crippen LogP contribution in [0.25, 0.3) is 0 Å². The molecule has 3 heterocycles. The largest absolute Gasteiger partial charge is 0.391 e. The number of ether oxygens (including phenoxy) is 1. The Labute approximate surface area is 152 Å². The van der Waals surface area contributed by atoms with Crippen LogP contribution in [0.2, 0.25) is 0 Å². The number of carbonyl (C=O) groups excluding carboxylic acids is 1. The standard InChI is InChI=1S/C19H24N4O3/c24-17-11-15-3-1-2-4-18(15)23(14-17)19(25)16-12-20-22(13-16)6-5-21-7-9-26-10-8-21/h1-4,12-13,17,24H,5-11,14H2. The van der Waals surface area contributed by atoms with Gasteiger partial charge in [0, 0.05) is 37.9 Å². The maximum absolute atomic E-state index is 13.0. The Hall–Kier alpha value is -2.22. The van der Waals surface area contributed by atoms with E-state index in [9.17, 15) is 9.90 Å². The van der Waals surface area contributed by atoms with Gasteiger partial charge in [0.25, 0.3) is 5.91 Å². The lowest BCUT2D eigenvalue weighted by atomic mass is 9.99. The van der Waals surface area contributed by atoms with E-state index < -0.39 is 6.10 Å². The minimum absolute atomic E-state index is 0.117. The Morgan fingerprint density at radius 2 is 2.04 bits per heavy atom. The van der Waals surface area contributed by atoms with Crippen molar-refractivity contribution in [1.29, 1.82) is 0 Å². The smallest absolute Gasteiger partial charge is 0.261 e. The zero-order valence-corrected chi connectivity index (χ0v) is 14.8. The van der Waals surface area contributed by atoms with Crippen molar-refractivity contribution in [3.05, 3.63) is 47.8 Å². The van der Waals surface area contributed by atoms with Gasteiger partial charge >= 0.3 is 0 Å². The van der Waals surface area contributed by atoms with Gasteiger partial charge in [-0.1, -0.05) is 18.2 Å². The molecule has 0 saturated carbocycles. The number of benzene rings is 1. The number of anilines is 1. The molecule has 0 spiro atoms. The number of β-amino-alcohol motifs (C(OH)–C–C–N with tert-alkyl or cyclic N) is 1. The quantitative estimate of drug-likeness (QED) is 0.877. The van der Waals surface area contributed by atoms with Crippen LogP contribution in [-0.2, 0) is 17.7 Å². The van der Waals surface area contributed by atoms with Crippen LogP contribution >= 0.6 is 0 Å². The van der Waals surface area contributed by atoms with Crippen molar-refractivity contribution < 1.29 is 14.6 Å². The van der Waals surface area contributed by atoms with Gasteiger partial charge in [0.15, 0.2) is 0 Å². The van der Waals surface area contributed by atoms with Gasteiger partial charge in [-0.2, -0.15) is 5.10 Å². The first-order valence-corrected chi connectivity index (χ1v) is 9.11. The number of aliphatic hydroxyl groups is 1. The molecule has 1 unspecified atom stereocenters. The molecular formula is C19H24N4O3. The van der Waals surface area contributed by atoms with Gasteiger partial charge in [-0.15, -0.1) is 0 Å². The molecule has 2 aliphatic heterocycles. The highest BCUT2D eigenvalue weighted by Crippen LogP contribution is 2.28. The molecule has 4 rings (SSSR count). The molecule has 1 aromatic heterocycles. The van der Waals surface area contributed by atoms with Gasteiger partial charge in [-0.3, -0.25) is 14.4 Å². The van der Waals surface area contributed by atoms with Crippen LogP contribution < -0.4 is 4.90 Å². The highest BCUT2D eigenvalue weighted by Gasteiger charge is 2.28. The number of fused-ring (bicyclic) bond motifs is 1. The third-order valence-electron chi connectivity index (χ3n) is 5.01. The summed E-state index contributed by atoms with van der Waals surface area (Å²) < 4.78 is 7.17. The summed E-state index contributed by atoms with van der Waals surface area (Å²) in [5, 5.41) is 14.5. The fraction of sp³-hybridized carbons (Fsp3) is 0.474. The number of nitrogens with zero attached hydrogens (tertiary/aromatic N) is 4. The monoisotopic (exact) mass is 356 g/mol. The van der Waals surface area contributed by atoms with Gasteiger partial charge in [0.2, 0.25) is 0 Å². The molecule has 138 valence electrons. The van der Waals surface area contributed by atoms with E-state index in [4.69, 9.17) is 4.74 Å². The third kappa shape index (κ3) is 3.65. The summed E-state index contributed by atoms with van der Waals surface area (Å²) in [5.41, 5.74) is 2.43. The Morgan fingerprint density at radius 3 is 2.88 bits per heavy atom. The first-order chi connectivity index (χ1) is 12.7. The number of amides is 1. The molecule has 1 saturated heterocycles. The maximum Gasteiger partial charge on any atom is 0.261 e. The molecule has 1 N–H and O–H groups in total. The van der Waals surface area contributed by atoms with Gasteiger partial charge in [0.05, 0.1) is 44.2 Å². The molecule has 0 radical (unpaired) electrons. The summed E-state index contributed by atoms with van der Waals surface area (Å²) in [4.78, 5) is 17.0. The van der Waals surface area contributed by atoms with E-state index in [1.165, 1.54) is 0 Å². The number of para-hydroxylation sites is 1. The fourth-order valence-electron chi connectivity index (χ4n) is 3.59. The van der Waals surface area contributed by atoms with Crippen LogP contribution in [0.1, 0.15) is 15.9 Å². The Morgan fingerprint density at radius 1 is 1.23 bits per heavy atom. The van der Waals surface area contributed by atoms with Gasteiger partial charge < -0.3 is 14.7 Å². The van der Waals surface area contributed by atoms with Gasteiger partial charge in [-0.05, 0) is 11.6 Å². The van der Waals surface area contributed by atoms with Crippen LogP contribution in [0.15, 0.2) is 36.7 Å². The summed E-state index contributed by atoms with van der Waals surface area (Å²) in [5.74, 6) is -0.117. The zero-order chi connectivity index (χ0) is 17.9. The van der Waals surface area contributed by atoms with Crippen molar-refractivity contribution in [2.75, 3.05) is 44.3 Å². The number of hydrogen-bond acceptors (Lipinski definition) is 5. The number of hydrogen-bond donors (Lipinski definition) is 1. The molecule has 26 heavy (non-hydrogen) atoms. The number of aliphatic hydroxyl groups excluding tert-OH is 1. The summed E-state index contributed by atoms with van der Waals surface area (Å²) in [6.45, 7) is 5.38. The maximum atomic E-state index is 13.0. The van der Waals surface area contributed by atoms with Crippen LogP contribution in [0.4, 0.5) is 5.69 Å². The lowest BCUT2D eigenvalue weighted by molar-refractivity contribution is 0.0359. The van der Waals surface area contributed by atoms with E-state index in [-0.39, 0.29) is 5.91 Å². The predicted molar refractivity (Wildman–Crippen MR) is 97.3 cm³/mol. The molecule has 1 aromatic carbocycles. The van der Waals surface area contributed by atoms with E-state index >= 15 is 0 Å². The molecule has 0 bridgehead atoms. The number of morpholine rings is 1. The average molecular weight is 356 g/mol. The lowest BCUT2D eigenvalue weighted by Gasteiger charge is -2.32. The van der Waals surface area contributed by atoms with Gasteiger partial charge in [-0.25, -0.2) is 0 Å². The number of rotatable bonds is 4. The van der Waals surface area contributed by atoms with Crippen molar-refractivity contribution >= 4 is 11.6 Å². The Balaban J connectivity index is 1.45. The number of carbonyl (C=O) groups is 1. The van der Waals surface area contributed by atoms with E-state index in [0.29, 0.717) is 18.5 Å². The first kappa shape index (κ1) is 17.2. The second-order valence-corrected chi connectivity index (χ2v) is 6.85. The highest BCUT2D eigenvalue weighted by molar-refractivity contribution is 6.06. The Bertz CT molecular complexity index is 770.